The lowest BCUT2D eigenvalue weighted by Gasteiger charge is -2.39. The van der Waals surface area contributed by atoms with Gasteiger partial charge in [-0.2, -0.15) is 0 Å². The molecule has 172 valence electrons. The standard InChI is InChI=1S/C24H32N4O4/c1-2-20(29)26-15-12-24(13-16-26)22(31)28(23(32)25-24)19-9-6-14-27(17-19)21(30)11-10-18-7-4-3-5-8-18/h3-5,7-8,19H,2,6,9-17H2,1H3,(H,25,32). The van der Waals surface area contributed by atoms with Crippen LogP contribution in [0.15, 0.2) is 30.3 Å². The van der Waals surface area contributed by atoms with Gasteiger partial charge in [0, 0.05) is 39.0 Å². The molecule has 8 nitrogen and oxygen atoms in total. The first-order valence-corrected chi connectivity index (χ1v) is 11.7. The summed E-state index contributed by atoms with van der Waals surface area (Å²) in [4.78, 5) is 55.9. The van der Waals surface area contributed by atoms with Crippen molar-refractivity contribution in [3.8, 4) is 0 Å². The van der Waals surface area contributed by atoms with Crippen LogP contribution in [-0.4, -0.2) is 76.2 Å². The van der Waals surface area contributed by atoms with Gasteiger partial charge in [0.1, 0.15) is 5.54 Å². The van der Waals surface area contributed by atoms with E-state index < -0.39 is 5.54 Å². The topological polar surface area (TPSA) is 90.0 Å². The van der Waals surface area contributed by atoms with Crippen LogP contribution in [0.3, 0.4) is 0 Å². The lowest BCUT2D eigenvalue weighted by molar-refractivity contribution is -0.141. The van der Waals surface area contributed by atoms with Crippen LogP contribution in [0.2, 0.25) is 0 Å². The number of imide groups is 1. The molecule has 3 aliphatic rings. The van der Waals surface area contributed by atoms with Crippen molar-refractivity contribution in [2.45, 2.75) is 63.5 Å². The Kier molecular flexibility index (Phi) is 6.48. The van der Waals surface area contributed by atoms with Gasteiger partial charge >= 0.3 is 6.03 Å². The van der Waals surface area contributed by atoms with Gasteiger partial charge in [-0.05, 0) is 37.7 Å². The van der Waals surface area contributed by atoms with E-state index in [1.54, 1.807) is 9.80 Å². The zero-order chi connectivity index (χ0) is 22.7. The summed E-state index contributed by atoms with van der Waals surface area (Å²) in [5.41, 5.74) is 0.208. The predicted octanol–water partition coefficient (Wildman–Crippen LogP) is 1.93. The number of aryl methyl sites for hydroxylation is 1. The number of benzene rings is 1. The highest BCUT2D eigenvalue weighted by Crippen LogP contribution is 2.32. The minimum absolute atomic E-state index is 0.0618. The molecule has 3 heterocycles. The molecule has 0 aliphatic carbocycles. The Balaban J connectivity index is 1.37. The van der Waals surface area contributed by atoms with Crippen LogP contribution in [0.4, 0.5) is 4.79 Å². The number of carbonyl (C=O) groups excluding carboxylic acids is 4. The second kappa shape index (κ2) is 9.30. The molecule has 0 aromatic heterocycles. The van der Waals surface area contributed by atoms with Gasteiger partial charge in [-0.1, -0.05) is 37.3 Å². The second-order valence-corrected chi connectivity index (χ2v) is 9.04. The van der Waals surface area contributed by atoms with Gasteiger partial charge in [-0.3, -0.25) is 19.3 Å². The maximum absolute atomic E-state index is 13.4. The maximum Gasteiger partial charge on any atom is 0.325 e. The lowest BCUT2D eigenvalue weighted by atomic mass is 9.87. The molecule has 3 saturated heterocycles. The van der Waals surface area contributed by atoms with Gasteiger partial charge in [0.25, 0.3) is 5.91 Å². The van der Waals surface area contributed by atoms with E-state index >= 15 is 0 Å². The molecule has 1 N–H and O–H groups in total. The molecule has 0 radical (unpaired) electrons. The highest BCUT2D eigenvalue weighted by molar-refractivity contribution is 6.07. The molecule has 1 atom stereocenters. The highest BCUT2D eigenvalue weighted by Gasteiger charge is 2.54. The summed E-state index contributed by atoms with van der Waals surface area (Å²) in [5, 5.41) is 2.93. The monoisotopic (exact) mass is 440 g/mol. The minimum Gasteiger partial charge on any atom is -0.343 e. The number of hydrogen-bond donors (Lipinski definition) is 1. The first-order valence-electron chi connectivity index (χ1n) is 11.7. The molecule has 1 aromatic rings. The molecular weight excluding hydrogens is 408 g/mol. The zero-order valence-corrected chi connectivity index (χ0v) is 18.7. The fraction of sp³-hybridized carbons (Fsp3) is 0.583. The number of amides is 5. The van der Waals surface area contributed by atoms with E-state index in [9.17, 15) is 19.2 Å². The number of carbonyl (C=O) groups is 4. The van der Waals surface area contributed by atoms with Gasteiger partial charge in [0.05, 0.1) is 6.04 Å². The van der Waals surface area contributed by atoms with Gasteiger partial charge in [-0.15, -0.1) is 0 Å². The fourth-order valence-corrected chi connectivity index (χ4v) is 5.12. The van der Waals surface area contributed by atoms with Crippen molar-refractivity contribution in [3.05, 3.63) is 35.9 Å². The average Bonchev–Trinajstić information content (AvgIpc) is 3.07. The molecule has 8 heteroatoms. The van der Waals surface area contributed by atoms with E-state index in [1.807, 2.05) is 37.3 Å². The number of rotatable bonds is 5. The Hall–Kier alpha value is -2.90. The van der Waals surface area contributed by atoms with Gasteiger partial charge < -0.3 is 15.1 Å². The number of nitrogens with zero attached hydrogens (tertiary/aromatic N) is 3. The minimum atomic E-state index is -0.915. The van der Waals surface area contributed by atoms with Crippen molar-refractivity contribution in [2.24, 2.45) is 0 Å². The third kappa shape index (κ3) is 4.36. The summed E-state index contributed by atoms with van der Waals surface area (Å²) in [7, 11) is 0. The van der Waals surface area contributed by atoms with Crippen LogP contribution in [0.1, 0.15) is 51.0 Å². The second-order valence-electron chi connectivity index (χ2n) is 9.04. The van der Waals surface area contributed by atoms with Crippen LogP contribution >= 0.6 is 0 Å². The molecule has 32 heavy (non-hydrogen) atoms. The Morgan fingerprint density at radius 3 is 2.44 bits per heavy atom. The third-order valence-electron chi connectivity index (χ3n) is 7.05. The molecule has 0 saturated carbocycles. The first kappa shape index (κ1) is 22.3. The SMILES string of the molecule is CCC(=O)N1CCC2(CC1)NC(=O)N(C1CCCN(C(=O)CCc3ccccc3)C1)C2=O. The number of hydrogen-bond acceptors (Lipinski definition) is 4. The van der Waals surface area contributed by atoms with Gasteiger partial charge in [0.15, 0.2) is 0 Å². The van der Waals surface area contributed by atoms with Crippen LogP contribution in [0.5, 0.6) is 0 Å². The Labute approximate surface area is 188 Å². The van der Waals surface area contributed by atoms with Crippen molar-refractivity contribution in [3.63, 3.8) is 0 Å². The summed E-state index contributed by atoms with van der Waals surface area (Å²) in [5.74, 6) is -0.0631. The number of likely N-dealkylation sites (tertiary alicyclic amines) is 2. The van der Waals surface area contributed by atoms with Gasteiger partial charge in [0.2, 0.25) is 11.8 Å². The van der Waals surface area contributed by atoms with Crippen molar-refractivity contribution in [2.75, 3.05) is 26.2 Å². The van der Waals surface area contributed by atoms with Gasteiger partial charge in [-0.25, -0.2) is 4.79 Å². The van der Waals surface area contributed by atoms with Crippen LogP contribution < -0.4 is 5.32 Å². The summed E-state index contributed by atoms with van der Waals surface area (Å²) in [6, 6.07) is 9.24. The van der Waals surface area contributed by atoms with Crippen LogP contribution in [0.25, 0.3) is 0 Å². The third-order valence-corrected chi connectivity index (χ3v) is 7.05. The Bertz CT molecular complexity index is 879. The van der Waals surface area contributed by atoms with E-state index in [2.05, 4.69) is 5.32 Å². The van der Waals surface area contributed by atoms with Crippen LogP contribution in [0, 0.1) is 0 Å². The van der Waals surface area contributed by atoms with Crippen molar-refractivity contribution in [1.29, 1.82) is 0 Å². The predicted molar refractivity (Wildman–Crippen MR) is 119 cm³/mol. The molecule has 1 aromatic carbocycles. The van der Waals surface area contributed by atoms with Crippen molar-refractivity contribution < 1.29 is 19.2 Å². The van der Waals surface area contributed by atoms with Crippen molar-refractivity contribution >= 4 is 23.8 Å². The smallest absolute Gasteiger partial charge is 0.325 e. The van der Waals surface area contributed by atoms with Crippen LogP contribution in [-0.2, 0) is 20.8 Å². The normalized spacial score (nSPS) is 22.9. The molecular formula is C24H32N4O4. The van der Waals surface area contributed by atoms with E-state index in [4.69, 9.17) is 0 Å². The molecule has 5 amide bonds. The van der Waals surface area contributed by atoms with E-state index in [0.717, 1.165) is 12.0 Å². The molecule has 3 aliphatic heterocycles. The summed E-state index contributed by atoms with van der Waals surface area (Å²) in [6.45, 7) is 3.83. The Morgan fingerprint density at radius 2 is 1.75 bits per heavy atom. The fourth-order valence-electron chi connectivity index (χ4n) is 5.12. The summed E-state index contributed by atoms with van der Waals surface area (Å²) < 4.78 is 0. The summed E-state index contributed by atoms with van der Waals surface area (Å²) in [6.07, 6.45) is 3.89. The van der Waals surface area contributed by atoms with E-state index in [-0.39, 0.29) is 29.8 Å². The van der Waals surface area contributed by atoms with E-state index in [1.165, 1.54) is 4.90 Å². The number of nitrogens with one attached hydrogen (secondary N) is 1. The van der Waals surface area contributed by atoms with Crippen molar-refractivity contribution in [1.82, 2.24) is 20.0 Å². The largest absolute Gasteiger partial charge is 0.343 e. The molecule has 1 spiro atoms. The highest BCUT2D eigenvalue weighted by atomic mass is 16.2. The van der Waals surface area contributed by atoms with E-state index in [0.29, 0.717) is 64.7 Å². The molecule has 1 unspecified atom stereocenters. The first-order chi connectivity index (χ1) is 15.4. The maximum atomic E-state index is 13.4. The molecule has 3 fully saturated rings. The molecule has 0 bridgehead atoms. The lowest BCUT2D eigenvalue weighted by Crippen LogP contribution is -2.57. The zero-order valence-electron chi connectivity index (χ0n) is 18.7. The average molecular weight is 441 g/mol. The summed E-state index contributed by atoms with van der Waals surface area (Å²) >= 11 is 0. The number of urea groups is 1. The quantitative estimate of drug-likeness (QED) is 0.709. The molecule has 4 rings (SSSR count). The number of piperidine rings is 2. The Morgan fingerprint density at radius 1 is 1.03 bits per heavy atom.